The van der Waals surface area contributed by atoms with Gasteiger partial charge in [-0.15, -0.1) is 11.3 Å². The fourth-order valence-electron chi connectivity index (χ4n) is 3.51. The molecule has 2 aliphatic heterocycles. The molecule has 0 bridgehead atoms. The van der Waals surface area contributed by atoms with Gasteiger partial charge in [-0.2, -0.15) is 4.31 Å². The van der Waals surface area contributed by atoms with E-state index in [0.29, 0.717) is 25.9 Å². The molecule has 1 aromatic rings. The summed E-state index contributed by atoms with van der Waals surface area (Å²) in [7, 11) is -2.19. The molecule has 144 valence electrons. The lowest BCUT2D eigenvalue weighted by atomic mass is 9.95. The van der Waals surface area contributed by atoms with E-state index < -0.39 is 10.0 Å². The van der Waals surface area contributed by atoms with Crippen molar-refractivity contribution in [1.82, 2.24) is 14.1 Å². The molecule has 2 aliphatic rings. The Balaban J connectivity index is 1.51. The highest BCUT2D eigenvalue weighted by molar-refractivity contribution is 7.91. The minimum atomic E-state index is -3.62. The van der Waals surface area contributed by atoms with Gasteiger partial charge in [0.2, 0.25) is 11.8 Å². The number of hydrogen-bond acceptors (Lipinski definition) is 5. The van der Waals surface area contributed by atoms with Crippen LogP contribution >= 0.6 is 11.3 Å². The van der Waals surface area contributed by atoms with Crippen molar-refractivity contribution in [3.8, 4) is 0 Å². The third-order valence-electron chi connectivity index (χ3n) is 5.13. The quantitative estimate of drug-likeness (QED) is 0.746. The molecule has 3 heterocycles. The topological polar surface area (TPSA) is 78.0 Å². The first kappa shape index (κ1) is 19.3. The number of hydrogen-bond donors (Lipinski definition) is 0. The second kappa shape index (κ2) is 8.06. The number of carbonyl (C=O) groups is 2. The number of rotatable bonds is 5. The van der Waals surface area contributed by atoms with Crippen molar-refractivity contribution in [2.75, 3.05) is 39.8 Å². The van der Waals surface area contributed by atoms with E-state index >= 15 is 0 Å². The van der Waals surface area contributed by atoms with Crippen LogP contribution in [0.25, 0.3) is 0 Å². The lowest BCUT2D eigenvalue weighted by molar-refractivity contribution is -0.140. The molecule has 2 amide bonds. The number of sulfonamides is 1. The number of amides is 2. The van der Waals surface area contributed by atoms with Crippen molar-refractivity contribution in [2.45, 2.75) is 29.9 Å². The Morgan fingerprint density at radius 3 is 2.38 bits per heavy atom. The molecule has 0 aliphatic carbocycles. The Hall–Kier alpha value is -1.45. The van der Waals surface area contributed by atoms with E-state index in [4.69, 9.17) is 0 Å². The van der Waals surface area contributed by atoms with Gasteiger partial charge in [0, 0.05) is 39.1 Å². The van der Waals surface area contributed by atoms with E-state index in [2.05, 4.69) is 0 Å². The highest BCUT2D eigenvalue weighted by Crippen LogP contribution is 2.23. The van der Waals surface area contributed by atoms with Crippen molar-refractivity contribution >= 4 is 33.2 Å². The van der Waals surface area contributed by atoms with Crippen LogP contribution in [0, 0.1) is 5.92 Å². The lowest BCUT2D eigenvalue weighted by Crippen LogP contribution is -2.47. The average Bonchev–Trinajstić information content (AvgIpc) is 3.34. The highest BCUT2D eigenvalue weighted by atomic mass is 32.2. The summed E-state index contributed by atoms with van der Waals surface area (Å²) in [6.07, 6.45) is 3.47. The largest absolute Gasteiger partial charge is 0.342 e. The van der Waals surface area contributed by atoms with Gasteiger partial charge in [-0.05, 0) is 37.1 Å². The Bertz CT molecular complexity index is 734. The predicted molar refractivity (Wildman–Crippen MR) is 99.3 cm³/mol. The van der Waals surface area contributed by atoms with Crippen LogP contribution in [0.15, 0.2) is 21.7 Å². The number of thiophene rings is 1. The number of nitrogens with zero attached hydrogens (tertiary/aromatic N) is 3. The summed E-state index contributed by atoms with van der Waals surface area (Å²) in [4.78, 5) is 28.5. The molecule has 0 atom stereocenters. The normalized spacial score (nSPS) is 19.3. The SMILES string of the molecule is CN(CC(=O)N1CCC(C(=O)N2CCCC2)CC1)S(=O)(=O)c1cccs1. The maximum atomic E-state index is 12.5. The molecule has 0 saturated carbocycles. The van der Waals surface area contributed by atoms with E-state index in [9.17, 15) is 18.0 Å². The van der Waals surface area contributed by atoms with Crippen LogP contribution in [0.2, 0.25) is 0 Å². The smallest absolute Gasteiger partial charge is 0.252 e. The van der Waals surface area contributed by atoms with Gasteiger partial charge in [0.1, 0.15) is 4.21 Å². The first-order valence-corrected chi connectivity index (χ1v) is 11.3. The Morgan fingerprint density at radius 1 is 1.15 bits per heavy atom. The summed E-state index contributed by atoms with van der Waals surface area (Å²) < 4.78 is 26.2. The zero-order valence-electron chi connectivity index (χ0n) is 15.0. The van der Waals surface area contributed by atoms with E-state index in [1.807, 2.05) is 4.90 Å². The molecule has 9 heteroatoms. The molecule has 0 spiro atoms. The van der Waals surface area contributed by atoms with Crippen LogP contribution in [0.1, 0.15) is 25.7 Å². The summed E-state index contributed by atoms with van der Waals surface area (Å²) in [5, 5.41) is 1.70. The minimum absolute atomic E-state index is 0.00951. The second-order valence-electron chi connectivity index (χ2n) is 6.88. The van der Waals surface area contributed by atoms with Crippen LogP contribution in [-0.2, 0) is 19.6 Å². The van der Waals surface area contributed by atoms with E-state index in [1.165, 1.54) is 13.1 Å². The van der Waals surface area contributed by atoms with Gasteiger partial charge in [0.25, 0.3) is 10.0 Å². The minimum Gasteiger partial charge on any atom is -0.342 e. The maximum absolute atomic E-state index is 12.5. The number of likely N-dealkylation sites (tertiary alicyclic amines) is 2. The molecule has 2 saturated heterocycles. The fourth-order valence-corrected chi connectivity index (χ4v) is 5.83. The van der Waals surface area contributed by atoms with E-state index in [-0.39, 0.29) is 28.5 Å². The monoisotopic (exact) mass is 399 g/mol. The van der Waals surface area contributed by atoms with Gasteiger partial charge in [0.05, 0.1) is 6.54 Å². The molecule has 0 radical (unpaired) electrons. The van der Waals surface area contributed by atoms with Crippen LogP contribution in [0.4, 0.5) is 0 Å². The fraction of sp³-hybridized carbons (Fsp3) is 0.647. The van der Waals surface area contributed by atoms with Crippen LogP contribution < -0.4 is 0 Å². The zero-order chi connectivity index (χ0) is 18.7. The number of carbonyl (C=O) groups excluding carboxylic acids is 2. The summed E-state index contributed by atoms with van der Waals surface area (Å²) >= 11 is 1.14. The molecular weight excluding hydrogens is 374 g/mol. The van der Waals surface area contributed by atoms with Gasteiger partial charge in [0.15, 0.2) is 0 Å². The first-order chi connectivity index (χ1) is 12.4. The summed E-state index contributed by atoms with van der Waals surface area (Å²) in [6, 6.07) is 3.21. The van der Waals surface area contributed by atoms with Gasteiger partial charge < -0.3 is 9.80 Å². The van der Waals surface area contributed by atoms with Crippen LogP contribution in [-0.4, -0.2) is 74.1 Å². The molecule has 26 heavy (non-hydrogen) atoms. The third kappa shape index (κ3) is 4.10. The summed E-state index contributed by atoms with van der Waals surface area (Å²) in [5.74, 6) is -0.00331. The highest BCUT2D eigenvalue weighted by Gasteiger charge is 2.32. The van der Waals surface area contributed by atoms with E-state index in [0.717, 1.165) is 41.6 Å². The molecule has 0 N–H and O–H groups in total. The second-order valence-corrected chi connectivity index (χ2v) is 10.1. The molecule has 1 aromatic heterocycles. The molecule has 0 unspecified atom stereocenters. The van der Waals surface area contributed by atoms with Crippen molar-refractivity contribution < 1.29 is 18.0 Å². The molecule has 3 rings (SSSR count). The van der Waals surface area contributed by atoms with Gasteiger partial charge >= 0.3 is 0 Å². The van der Waals surface area contributed by atoms with Gasteiger partial charge in [-0.3, -0.25) is 9.59 Å². The predicted octanol–water partition coefficient (Wildman–Crippen LogP) is 1.23. The van der Waals surface area contributed by atoms with E-state index in [1.54, 1.807) is 16.3 Å². The molecule has 7 nitrogen and oxygen atoms in total. The standard InChI is InChI=1S/C17H25N3O4S2/c1-18(26(23,24)16-5-4-12-25-16)13-15(21)19-10-6-14(7-11-19)17(22)20-8-2-3-9-20/h4-5,12,14H,2-3,6-11,13H2,1H3. The maximum Gasteiger partial charge on any atom is 0.252 e. The Labute approximate surface area is 158 Å². The summed E-state index contributed by atoms with van der Waals surface area (Å²) in [5.41, 5.74) is 0. The first-order valence-electron chi connectivity index (χ1n) is 8.96. The van der Waals surface area contributed by atoms with Crippen molar-refractivity contribution in [2.24, 2.45) is 5.92 Å². The van der Waals surface area contributed by atoms with Crippen LogP contribution in [0.3, 0.4) is 0 Å². The van der Waals surface area contributed by atoms with Crippen LogP contribution in [0.5, 0.6) is 0 Å². The third-order valence-corrected chi connectivity index (χ3v) is 8.31. The zero-order valence-corrected chi connectivity index (χ0v) is 16.6. The van der Waals surface area contributed by atoms with Gasteiger partial charge in [-0.1, -0.05) is 6.07 Å². The van der Waals surface area contributed by atoms with Crippen molar-refractivity contribution in [3.05, 3.63) is 17.5 Å². The molecule has 0 aromatic carbocycles. The van der Waals surface area contributed by atoms with Crippen molar-refractivity contribution in [1.29, 1.82) is 0 Å². The molecule has 2 fully saturated rings. The number of likely N-dealkylation sites (N-methyl/N-ethyl adjacent to an activating group) is 1. The number of piperidine rings is 1. The lowest BCUT2D eigenvalue weighted by Gasteiger charge is -2.33. The van der Waals surface area contributed by atoms with Crippen molar-refractivity contribution in [3.63, 3.8) is 0 Å². The average molecular weight is 400 g/mol. The Morgan fingerprint density at radius 2 is 1.81 bits per heavy atom. The van der Waals surface area contributed by atoms with Gasteiger partial charge in [-0.25, -0.2) is 8.42 Å². The Kier molecular flexibility index (Phi) is 5.99. The summed E-state index contributed by atoms with van der Waals surface area (Å²) in [6.45, 7) is 2.55. The molecular formula is C17H25N3O4S2.